The lowest BCUT2D eigenvalue weighted by Gasteiger charge is -2.21. The molecule has 2 aromatic rings. The normalized spacial score (nSPS) is 16.3. The molecular weight excluding hydrogens is 358 g/mol. The van der Waals surface area contributed by atoms with Crippen molar-refractivity contribution in [3.8, 4) is 11.5 Å². The summed E-state index contributed by atoms with van der Waals surface area (Å²) in [5.41, 5.74) is 1.27. The number of sulfonamides is 1. The molecule has 0 unspecified atom stereocenters. The Hall–Kier alpha value is -2.74. The molecule has 0 radical (unpaired) electrons. The third-order valence-corrected chi connectivity index (χ3v) is 6.20. The van der Waals surface area contributed by atoms with E-state index < -0.39 is 16.0 Å². The van der Waals surface area contributed by atoms with Gasteiger partial charge in [-0.1, -0.05) is 25.1 Å². The monoisotopic (exact) mass is 377 g/mol. The fraction of sp³-hybridized carbons (Fsp3) is 0.278. The van der Waals surface area contributed by atoms with E-state index in [-0.39, 0.29) is 27.9 Å². The first-order valence-electron chi connectivity index (χ1n) is 7.92. The highest BCUT2D eigenvalue weighted by molar-refractivity contribution is 7.92. The van der Waals surface area contributed by atoms with Gasteiger partial charge in [-0.3, -0.25) is 4.31 Å². The molecule has 1 N–H and O–H groups in total. The zero-order chi connectivity index (χ0) is 19.1. The first-order valence-corrected chi connectivity index (χ1v) is 9.36. The quantitative estimate of drug-likeness (QED) is 0.861. The first kappa shape index (κ1) is 18.1. The maximum absolute atomic E-state index is 13.2. The van der Waals surface area contributed by atoms with Crippen LogP contribution in [-0.4, -0.2) is 40.3 Å². The third-order valence-electron chi connectivity index (χ3n) is 4.45. The second-order valence-corrected chi connectivity index (χ2v) is 7.87. The molecule has 1 aliphatic heterocycles. The molecule has 0 aliphatic carbocycles. The summed E-state index contributed by atoms with van der Waals surface area (Å²) in [6.07, 6.45) is 0. The van der Waals surface area contributed by atoms with Gasteiger partial charge in [0.25, 0.3) is 10.0 Å². The van der Waals surface area contributed by atoms with Crippen molar-refractivity contribution in [3.63, 3.8) is 0 Å². The molecule has 0 saturated heterocycles. The van der Waals surface area contributed by atoms with E-state index in [1.54, 1.807) is 12.1 Å². The number of hydrogen-bond acceptors (Lipinski definition) is 5. The summed E-state index contributed by atoms with van der Waals surface area (Å²) in [6.45, 7) is 2.24. The van der Waals surface area contributed by atoms with Crippen LogP contribution in [0.3, 0.4) is 0 Å². The van der Waals surface area contributed by atoms with Crippen LogP contribution in [-0.2, 0) is 10.0 Å². The average molecular weight is 377 g/mol. The summed E-state index contributed by atoms with van der Waals surface area (Å²) in [5.74, 6) is -1.23. The molecule has 7 nitrogen and oxygen atoms in total. The molecule has 1 heterocycles. The van der Waals surface area contributed by atoms with Crippen LogP contribution in [0.2, 0.25) is 0 Å². The lowest BCUT2D eigenvalue weighted by atomic mass is 10.0. The molecule has 0 saturated carbocycles. The van der Waals surface area contributed by atoms with E-state index in [9.17, 15) is 18.3 Å². The Morgan fingerprint density at radius 2 is 1.88 bits per heavy atom. The molecular formula is C18H19NO6S. The number of anilines is 1. The SMILES string of the molecule is COc1cc(S(=O)(=O)N2C[C@@H](C)c3ccccc32)cc(C(=O)O)c1OC. The van der Waals surface area contributed by atoms with Gasteiger partial charge in [0.1, 0.15) is 5.56 Å². The van der Waals surface area contributed by atoms with Gasteiger partial charge in [0, 0.05) is 18.5 Å². The second kappa shape index (κ2) is 6.53. The highest BCUT2D eigenvalue weighted by atomic mass is 32.2. The molecule has 138 valence electrons. The molecule has 0 amide bonds. The number of carboxylic acid groups (broad SMARTS) is 1. The van der Waals surface area contributed by atoms with Gasteiger partial charge in [-0.15, -0.1) is 0 Å². The molecule has 8 heteroatoms. The Bertz CT molecular complexity index is 970. The number of rotatable bonds is 5. The van der Waals surface area contributed by atoms with Crippen molar-refractivity contribution in [2.45, 2.75) is 17.7 Å². The summed E-state index contributed by atoms with van der Waals surface area (Å²) in [4.78, 5) is 11.4. The van der Waals surface area contributed by atoms with Crippen LogP contribution in [0.25, 0.3) is 0 Å². The minimum Gasteiger partial charge on any atom is -0.493 e. The third kappa shape index (κ3) is 2.76. The summed E-state index contributed by atoms with van der Waals surface area (Å²) >= 11 is 0. The predicted molar refractivity (Wildman–Crippen MR) is 95.9 cm³/mol. The van der Waals surface area contributed by atoms with Gasteiger partial charge in [0.2, 0.25) is 0 Å². The summed E-state index contributed by atoms with van der Waals surface area (Å²) in [7, 11) is -1.34. The number of benzene rings is 2. The smallest absolute Gasteiger partial charge is 0.339 e. The van der Waals surface area contributed by atoms with E-state index in [0.29, 0.717) is 12.2 Å². The van der Waals surface area contributed by atoms with Gasteiger partial charge in [-0.05, 0) is 17.7 Å². The number of hydrogen-bond donors (Lipinski definition) is 1. The standard InChI is InChI=1S/C18H19NO6S/c1-11-10-19(15-7-5-4-6-13(11)15)26(22,23)12-8-14(18(20)21)17(25-3)16(9-12)24-2/h4-9,11H,10H2,1-3H3,(H,20,21)/t11-/m1/s1. The fourth-order valence-electron chi connectivity index (χ4n) is 3.18. The first-order chi connectivity index (χ1) is 12.3. The van der Waals surface area contributed by atoms with Crippen LogP contribution >= 0.6 is 0 Å². The average Bonchev–Trinajstić information content (AvgIpc) is 2.98. The topological polar surface area (TPSA) is 93.1 Å². The number of para-hydroxylation sites is 1. The number of fused-ring (bicyclic) bond motifs is 1. The Morgan fingerprint density at radius 1 is 1.19 bits per heavy atom. The number of methoxy groups -OCH3 is 2. The van der Waals surface area contributed by atoms with E-state index in [1.165, 1.54) is 24.6 Å². The van der Waals surface area contributed by atoms with Crippen LogP contribution in [0.5, 0.6) is 11.5 Å². The molecule has 0 aromatic heterocycles. The fourth-order valence-corrected chi connectivity index (χ4v) is 4.80. The van der Waals surface area contributed by atoms with Crippen LogP contribution in [0, 0.1) is 0 Å². The lowest BCUT2D eigenvalue weighted by molar-refractivity contribution is 0.0692. The van der Waals surface area contributed by atoms with Gasteiger partial charge < -0.3 is 14.6 Å². The van der Waals surface area contributed by atoms with Crippen LogP contribution in [0.4, 0.5) is 5.69 Å². The second-order valence-electron chi connectivity index (χ2n) is 6.01. The minimum atomic E-state index is -3.96. The molecule has 3 rings (SSSR count). The van der Waals surface area contributed by atoms with Gasteiger partial charge >= 0.3 is 5.97 Å². The van der Waals surface area contributed by atoms with E-state index in [4.69, 9.17) is 9.47 Å². The summed E-state index contributed by atoms with van der Waals surface area (Å²) < 4.78 is 38.0. The Kier molecular flexibility index (Phi) is 4.53. The van der Waals surface area contributed by atoms with E-state index in [1.807, 2.05) is 19.1 Å². The molecule has 26 heavy (non-hydrogen) atoms. The summed E-state index contributed by atoms with van der Waals surface area (Å²) in [6, 6.07) is 9.67. The van der Waals surface area contributed by atoms with Crippen LogP contribution < -0.4 is 13.8 Å². The van der Waals surface area contributed by atoms with Crippen molar-refractivity contribution in [2.24, 2.45) is 0 Å². The van der Waals surface area contributed by atoms with Crippen molar-refractivity contribution < 1.29 is 27.8 Å². The van der Waals surface area contributed by atoms with Crippen LogP contribution in [0.1, 0.15) is 28.8 Å². The summed E-state index contributed by atoms with van der Waals surface area (Å²) in [5, 5.41) is 9.43. The predicted octanol–water partition coefficient (Wildman–Crippen LogP) is 2.71. The van der Waals surface area contributed by atoms with Crippen molar-refractivity contribution in [1.29, 1.82) is 0 Å². The molecule has 0 bridgehead atoms. The van der Waals surface area contributed by atoms with Gasteiger partial charge in [-0.25, -0.2) is 13.2 Å². The molecule has 1 aliphatic rings. The van der Waals surface area contributed by atoms with Crippen LogP contribution in [0.15, 0.2) is 41.3 Å². The van der Waals surface area contributed by atoms with Crippen molar-refractivity contribution in [2.75, 3.05) is 25.1 Å². The zero-order valence-corrected chi connectivity index (χ0v) is 15.4. The minimum absolute atomic E-state index is 0.0193. The number of ether oxygens (including phenoxy) is 2. The highest BCUT2D eigenvalue weighted by Gasteiger charge is 2.35. The molecule has 0 fully saturated rings. The number of nitrogens with zero attached hydrogens (tertiary/aromatic N) is 1. The molecule has 0 spiro atoms. The Balaban J connectivity index is 2.17. The van der Waals surface area contributed by atoms with E-state index >= 15 is 0 Å². The number of carboxylic acids is 1. The molecule has 2 aromatic carbocycles. The van der Waals surface area contributed by atoms with E-state index in [2.05, 4.69) is 0 Å². The van der Waals surface area contributed by atoms with E-state index in [0.717, 1.165) is 11.6 Å². The largest absolute Gasteiger partial charge is 0.493 e. The Morgan fingerprint density at radius 3 is 2.50 bits per heavy atom. The zero-order valence-electron chi connectivity index (χ0n) is 14.6. The van der Waals surface area contributed by atoms with Crippen molar-refractivity contribution in [1.82, 2.24) is 0 Å². The highest BCUT2D eigenvalue weighted by Crippen LogP contribution is 2.41. The lowest BCUT2D eigenvalue weighted by Crippen LogP contribution is -2.30. The maximum Gasteiger partial charge on any atom is 0.339 e. The molecule has 1 atom stereocenters. The van der Waals surface area contributed by atoms with Gasteiger partial charge in [0.05, 0.1) is 24.8 Å². The van der Waals surface area contributed by atoms with Crippen molar-refractivity contribution in [3.05, 3.63) is 47.5 Å². The van der Waals surface area contributed by atoms with Gasteiger partial charge in [0.15, 0.2) is 11.5 Å². The number of aromatic carboxylic acids is 1. The van der Waals surface area contributed by atoms with Gasteiger partial charge in [-0.2, -0.15) is 0 Å². The maximum atomic E-state index is 13.2. The Labute approximate surface area is 151 Å². The van der Waals surface area contributed by atoms with Crippen molar-refractivity contribution >= 4 is 21.7 Å². The number of carbonyl (C=O) groups is 1.